The molecule has 0 spiro atoms. The number of hydrogen-bond donors (Lipinski definition) is 1. The summed E-state index contributed by atoms with van der Waals surface area (Å²) in [6.07, 6.45) is 0. The summed E-state index contributed by atoms with van der Waals surface area (Å²) in [5.41, 5.74) is 2.13. The fourth-order valence-corrected chi connectivity index (χ4v) is 3.00. The molecular formula is C16H15N3S2. The van der Waals surface area contributed by atoms with Crippen molar-refractivity contribution in [2.45, 2.75) is 0 Å². The zero-order valence-corrected chi connectivity index (χ0v) is 13.1. The highest BCUT2D eigenvalue weighted by atomic mass is 32.1. The van der Waals surface area contributed by atoms with Crippen molar-refractivity contribution in [3.05, 3.63) is 65.5 Å². The second-order valence-corrected chi connectivity index (χ2v) is 5.81. The standard InChI is InChI=1S/C16H15N3S2/c20-12-11-17-16-19(14-9-5-2-6-10-14)18-15(21-16)13-7-3-1-4-8-13/h1-10,20H,11-12H2. The molecule has 2 aromatic carbocycles. The van der Waals surface area contributed by atoms with Gasteiger partial charge in [0, 0.05) is 11.3 Å². The molecule has 0 N–H and O–H groups in total. The SMILES string of the molecule is SCCN=c1sc(-c2ccccc2)nn1-c1ccccc1. The second kappa shape index (κ2) is 6.74. The number of aromatic nitrogens is 2. The highest BCUT2D eigenvalue weighted by Crippen LogP contribution is 2.19. The molecule has 21 heavy (non-hydrogen) atoms. The molecule has 0 fully saturated rings. The molecule has 5 heteroatoms. The second-order valence-electron chi connectivity index (χ2n) is 4.41. The molecule has 106 valence electrons. The monoisotopic (exact) mass is 313 g/mol. The lowest BCUT2D eigenvalue weighted by atomic mass is 10.2. The molecular weight excluding hydrogens is 298 g/mol. The molecule has 0 aliphatic rings. The summed E-state index contributed by atoms with van der Waals surface area (Å²) in [6.45, 7) is 0.687. The molecule has 0 radical (unpaired) electrons. The lowest BCUT2D eigenvalue weighted by molar-refractivity contribution is 0.821. The zero-order valence-electron chi connectivity index (χ0n) is 11.4. The van der Waals surface area contributed by atoms with Gasteiger partial charge in [-0.3, -0.25) is 4.99 Å². The van der Waals surface area contributed by atoms with Gasteiger partial charge in [0.15, 0.2) is 0 Å². The highest BCUT2D eigenvalue weighted by Gasteiger charge is 2.08. The minimum Gasteiger partial charge on any atom is -0.256 e. The lowest BCUT2D eigenvalue weighted by Crippen LogP contribution is -2.15. The molecule has 0 unspecified atom stereocenters. The third-order valence-electron chi connectivity index (χ3n) is 2.93. The van der Waals surface area contributed by atoms with E-state index in [1.165, 1.54) is 0 Å². The fourth-order valence-electron chi connectivity index (χ4n) is 1.96. The summed E-state index contributed by atoms with van der Waals surface area (Å²) in [5, 5.41) is 5.69. The Morgan fingerprint density at radius 1 is 1.00 bits per heavy atom. The predicted molar refractivity (Wildman–Crippen MR) is 91.2 cm³/mol. The first-order valence-electron chi connectivity index (χ1n) is 6.71. The number of nitrogens with zero attached hydrogens (tertiary/aromatic N) is 3. The number of thiol groups is 1. The maximum atomic E-state index is 4.72. The van der Waals surface area contributed by atoms with Crippen LogP contribution in [-0.2, 0) is 0 Å². The minimum atomic E-state index is 0.687. The van der Waals surface area contributed by atoms with Gasteiger partial charge in [-0.05, 0) is 12.1 Å². The fraction of sp³-hybridized carbons (Fsp3) is 0.125. The van der Waals surface area contributed by atoms with E-state index >= 15 is 0 Å². The van der Waals surface area contributed by atoms with E-state index in [-0.39, 0.29) is 0 Å². The first-order valence-corrected chi connectivity index (χ1v) is 8.16. The first kappa shape index (κ1) is 14.1. The van der Waals surface area contributed by atoms with Crippen LogP contribution < -0.4 is 4.80 Å². The average Bonchev–Trinajstić information content (AvgIpc) is 2.99. The summed E-state index contributed by atoms with van der Waals surface area (Å²) >= 11 is 5.83. The molecule has 3 rings (SSSR count). The van der Waals surface area contributed by atoms with Crippen LogP contribution in [0.4, 0.5) is 0 Å². The van der Waals surface area contributed by atoms with Gasteiger partial charge in [-0.25, -0.2) is 4.68 Å². The van der Waals surface area contributed by atoms with E-state index in [4.69, 9.17) is 5.10 Å². The van der Waals surface area contributed by atoms with Gasteiger partial charge in [0.25, 0.3) is 0 Å². The van der Waals surface area contributed by atoms with Crippen LogP contribution in [0.15, 0.2) is 65.7 Å². The zero-order chi connectivity index (χ0) is 14.5. The molecule has 3 nitrogen and oxygen atoms in total. The van der Waals surface area contributed by atoms with Crippen LogP contribution in [-0.4, -0.2) is 22.1 Å². The van der Waals surface area contributed by atoms with Crippen molar-refractivity contribution in [1.82, 2.24) is 9.78 Å². The van der Waals surface area contributed by atoms with Crippen LogP contribution in [0.2, 0.25) is 0 Å². The van der Waals surface area contributed by atoms with E-state index in [2.05, 4.69) is 29.8 Å². The van der Waals surface area contributed by atoms with Gasteiger partial charge in [0.05, 0.1) is 12.2 Å². The Labute approximate surface area is 133 Å². The smallest absolute Gasteiger partial charge is 0.208 e. The van der Waals surface area contributed by atoms with Crippen molar-refractivity contribution < 1.29 is 0 Å². The summed E-state index contributed by atoms with van der Waals surface area (Å²) in [7, 11) is 0. The van der Waals surface area contributed by atoms with Gasteiger partial charge in [-0.1, -0.05) is 59.9 Å². The lowest BCUT2D eigenvalue weighted by Gasteiger charge is -2.00. The van der Waals surface area contributed by atoms with Crippen LogP contribution in [0.25, 0.3) is 16.3 Å². The summed E-state index contributed by atoms with van der Waals surface area (Å²) in [6, 6.07) is 20.3. The van der Waals surface area contributed by atoms with Gasteiger partial charge >= 0.3 is 0 Å². The van der Waals surface area contributed by atoms with Crippen molar-refractivity contribution in [3.63, 3.8) is 0 Å². The Balaban J connectivity index is 2.12. The molecule has 0 saturated heterocycles. The molecule has 1 heterocycles. The Morgan fingerprint density at radius 3 is 2.33 bits per heavy atom. The van der Waals surface area contributed by atoms with E-state index in [1.807, 2.05) is 53.2 Å². The third kappa shape index (κ3) is 3.25. The number of hydrogen-bond acceptors (Lipinski definition) is 4. The number of rotatable bonds is 4. The van der Waals surface area contributed by atoms with E-state index in [0.717, 1.165) is 26.8 Å². The summed E-state index contributed by atoms with van der Waals surface area (Å²) in [4.78, 5) is 5.49. The maximum Gasteiger partial charge on any atom is 0.208 e. The van der Waals surface area contributed by atoms with Crippen LogP contribution in [0.1, 0.15) is 0 Å². The summed E-state index contributed by atoms with van der Waals surface area (Å²) in [5.74, 6) is 0.730. The van der Waals surface area contributed by atoms with Gasteiger partial charge in [0.2, 0.25) is 4.80 Å². The van der Waals surface area contributed by atoms with E-state index in [0.29, 0.717) is 6.54 Å². The third-order valence-corrected chi connectivity index (χ3v) is 4.12. The van der Waals surface area contributed by atoms with Crippen molar-refractivity contribution in [2.75, 3.05) is 12.3 Å². The molecule has 0 aliphatic heterocycles. The number of benzene rings is 2. The largest absolute Gasteiger partial charge is 0.256 e. The minimum absolute atomic E-state index is 0.687. The summed E-state index contributed by atoms with van der Waals surface area (Å²) < 4.78 is 1.90. The Hall–Kier alpha value is -1.85. The molecule has 0 atom stereocenters. The van der Waals surface area contributed by atoms with E-state index < -0.39 is 0 Å². The van der Waals surface area contributed by atoms with Crippen molar-refractivity contribution in [3.8, 4) is 16.3 Å². The van der Waals surface area contributed by atoms with Gasteiger partial charge in [-0.2, -0.15) is 17.7 Å². The van der Waals surface area contributed by atoms with Crippen molar-refractivity contribution in [1.29, 1.82) is 0 Å². The highest BCUT2D eigenvalue weighted by molar-refractivity contribution is 7.80. The average molecular weight is 313 g/mol. The topological polar surface area (TPSA) is 30.2 Å². The van der Waals surface area contributed by atoms with E-state index in [1.54, 1.807) is 11.3 Å². The molecule has 1 aromatic heterocycles. The first-order chi connectivity index (χ1) is 10.4. The Bertz CT molecular complexity index is 761. The van der Waals surface area contributed by atoms with Crippen LogP contribution >= 0.6 is 24.0 Å². The van der Waals surface area contributed by atoms with Crippen LogP contribution in [0.5, 0.6) is 0 Å². The maximum absolute atomic E-state index is 4.72. The molecule has 0 bridgehead atoms. The normalized spacial score (nSPS) is 11.8. The van der Waals surface area contributed by atoms with Crippen LogP contribution in [0, 0.1) is 0 Å². The van der Waals surface area contributed by atoms with Crippen molar-refractivity contribution >= 4 is 24.0 Å². The van der Waals surface area contributed by atoms with Gasteiger partial charge in [-0.15, -0.1) is 0 Å². The van der Waals surface area contributed by atoms with Gasteiger partial charge in [0.1, 0.15) is 5.01 Å². The molecule has 0 aliphatic carbocycles. The quantitative estimate of drug-likeness (QED) is 0.735. The van der Waals surface area contributed by atoms with E-state index in [9.17, 15) is 0 Å². The molecule has 0 amide bonds. The Kier molecular flexibility index (Phi) is 4.52. The number of para-hydroxylation sites is 1. The van der Waals surface area contributed by atoms with Crippen LogP contribution in [0.3, 0.4) is 0 Å². The Morgan fingerprint density at radius 2 is 1.67 bits per heavy atom. The van der Waals surface area contributed by atoms with Gasteiger partial charge < -0.3 is 0 Å². The molecule has 0 saturated carbocycles. The molecule has 3 aromatic rings. The van der Waals surface area contributed by atoms with Crippen molar-refractivity contribution in [2.24, 2.45) is 4.99 Å². The predicted octanol–water partition coefficient (Wildman–Crippen LogP) is 3.43.